The quantitative estimate of drug-likeness (QED) is 0.177. The number of hydrogen-bond acceptors (Lipinski definition) is 7. The van der Waals surface area contributed by atoms with E-state index in [1.807, 2.05) is 19.1 Å². The highest BCUT2D eigenvalue weighted by atomic mass is 16.6. The smallest absolute Gasteiger partial charge is 0.343 e. The number of esters is 1. The highest BCUT2D eigenvalue weighted by Gasteiger charge is 2.16. The van der Waals surface area contributed by atoms with Crippen LogP contribution in [0.2, 0.25) is 0 Å². The van der Waals surface area contributed by atoms with Gasteiger partial charge in [0.2, 0.25) is 0 Å². The highest BCUT2D eigenvalue weighted by molar-refractivity contribution is 6.39. The number of amides is 2. The van der Waals surface area contributed by atoms with Crippen LogP contribution in [0, 0.1) is 6.92 Å². The molecule has 0 fully saturated rings. The molecule has 35 heavy (non-hydrogen) atoms. The van der Waals surface area contributed by atoms with Crippen molar-refractivity contribution in [1.29, 1.82) is 0 Å². The van der Waals surface area contributed by atoms with E-state index in [-0.39, 0.29) is 5.75 Å². The number of benzene rings is 3. The number of carbonyl (C=O) groups is 3. The Balaban J connectivity index is 1.67. The average Bonchev–Trinajstić information content (AvgIpc) is 2.87. The maximum atomic E-state index is 12.4. The first-order valence-corrected chi connectivity index (χ1v) is 10.6. The van der Waals surface area contributed by atoms with Crippen LogP contribution in [-0.2, 0) is 9.59 Å². The van der Waals surface area contributed by atoms with Gasteiger partial charge in [0.25, 0.3) is 0 Å². The molecular formula is C26H25N3O6. The normalized spacial score (nSPS) is 10.8. The third kappa shape index (κ3) is 6.44. The number of nitrogens with zero attached hydrogens (tertiary/aromatic N) is 1. The van der Waals surface area contributed by atoms with Crippen molar-refractivity contribution in [2.24, 2.45) is 5.10 Å². The fourth-order valence-corrected chi connectivity index (χ4v) is 3.00. The Morgan fingerprint density at radius 1 is 0.771 bits per heavy atom. The molecule has 9 heteroatoms. The maximum Gasteiger partial charge on any atom is 0.343 e. The predicted octanol–water partition coefficient (Wildman–Crippen LogP) is 3.71. The molecule has 0 bridgehead atoms. The monoisotopic (exact) mass is 475 g/mol. The molecule has 0 radical (unpaired) electrons. The van der Waals surface area contributed by atoms with Crippen molar-refractivity contribution in [3.05, 3.63) is 83.4 Å². The molecule has 3 rings (SSSR count). The molecule has 0 atom stereocenters. The van der Waals surface area contributed by atoms with Crippen LogP contribution in [0.5, 0.6) is 17.2 Å². The largest absolute Gasteiger partial charge is 0.495 e. The topological polar surface area (TPSA) is 115 Å². The van der Waals surface area contributed by atoms with Crippen molar-refractivity contribution in [1.82, 2.24) is 5.43 Å². The number of methoxy groups -OCH3 is 2. The molecule has 0 saturated heterocycles. The lowest BCUT2D eigenvalue weighted by Gasteiger charge is -2.11. The molecule has 0 aliphatic heterocycles. The standard InChI is InChI=1S/C26H25N3O6/c1-16-9-11-18(12-10-16)26(32)35-22-14-13-19(15-23(22)34-4)17(2)28-29-25(31)24(30)27-20-7-5-6-8-21(20)33-3/h5-15H,1-4H3,(H,27,30)(H,29,31)/b28-17+. The zero-order chi connectivity index (χ0) is 25.4. The van der Waals surface area contributed by atoms with Gasteiger partial charge in [-0.3, -0.25) is 9.59 Å². The number of hydrogen-bond donors (Lipinski definition) is 2. The summed E-state index contributed by atoms with van der Waals surface area (Å²) in [6, 6.07) is 18.5. The zero-order valence-corrected chi connectivity index (χ0v) is 19.7. The second-order valence-corrected chi connectivity index (χ2v) is 7.41. The molecule has 0 spiro atoms. The predicted molar refractivity (Wildman–Crippen MR) is 131 cm³/mol. The zero-order valence-electron chi connectivity index (χ0n) is 19.7. The first-order chi connectivity index (χ1) is 16.8. The van der Waals surface area contributed by atoms with Gasteiger partial charge in [-0.25, -0.2) is 10.2 Å². The molecule has 3 aromatic rings. The number of aryl methyl sites for hydroxylation is 1. The number of nitrogens with one attached hydrogen (secondary N) is 2. The Bertz CT molecular complexity index is 1270. The second-order valence-electron chi connectivity index (χ2n) is 7.41. The molecular weight excluding hydrogens is 450 g/mol. The molecule has 180 valence electrons. The van der Waals surface area contributed by atoms with Crippen molar-refractivity contribution in [2.75, 3.05) is 19.5 Å². The Labute approximate surface area is 202 Å². The van der Waals surface area contributed by atoms with Crippen LogP contribution in [-0.4, -0.2) is 37.7 Å². The third-order valence-electron chi connectivity index (χ3n) is 4.96. The van der Waals surface area contributed by atoms with Gasteiger partial charge >= 0.3 is 17.8 Å². The van der Waals surface area contributed by atoms with Gasteiger partial charge in [0.1, 0.15) is 5.75 Å². The van der Waals surface area contributed by atoms with Crippen LogP contribution in [0.3, 0.4) is 0 Å². The van der Waals surface area contributed by atoms with E-state index < -0.39 is 17.8 Å². The van der Waals surface area contributed by atoms with Crippen LogP contribution in [0.15, 0.2) is 71.8 Å². The van der Waals surface area contributed by atoms with Gasteiger partial charge in [-0.1, -0.05) is 29.8 Å². The molecule has 0 saturated carbocycles. The van der Waals surface area contributed by atoms with E-state index in [1.165, 1.54) is 14.2 Å². The molecule has 9 nitrogen and oxygen atoms in total. The summed E-state index contributed by atoms with van der Waals surface area (Å²) in [4.78, 5) is 36.8. The average molecular weight is 476 g/mol. The first kappa shape index (κ1) is 25.0. The Kier molecular flexibility index (Phi) is 8.18. The van der Waals surface area contributed by atoms with Crippen molar-refractivity contribution in [2.45, 2.75) is 13.8 Å². The Morgan fingerprint density at radius 2 is 1.43 bits per heavy atom. The van der Waals surface area contributed by atoms with Gasteiger partial charge in [0.15, 0.2) is 11.5 Å². The Hall–Kier alpha value is -4.66. The summed E-state index contributed by atoms with van der Waals surface area (Å²) in [5.41, 5.74) is 5.00. The van der Waals surface area contributed by atoms with E-state index >= 15 is 0 Å². The molecule has 3 aromatic carbocycles. The number of anilines is 1. The summed E-state index contributed by atoms with van der Waals surface area (Å²) in [6.07, 6.45) is 0. The van der Waals surface area contributed by atoms with Crippen LogP contribution >= 0.6 is 0 Å². The van der Waals surface area contributed by atoms with Gasteiger partial charge in [-0.2, -0.15) is 5.10 Å². The van der Waals surface area contributed by atoms with E-state index in [4.69, 9.17) is 14.2 Å². The van der Waals surface area contributed by atoms with E-state index in [0.717, 1.165) is 5.56 Å². The fraction of sp³-hybridized carbons (Fsp3) is 0.154. The van der Waals surface area contributed by atoms with Crippen LogP contribution in [0.4, 0.5) is 5.69 Å². The SMILES string of the molecule is COc1ccccc1NC(=O)C(=O)N/N=C(\C)c1ccc(OC(=O)c2ccc(C)cc2)c(OC)c1. The van der Waals surface area contributed by atoms with E-state index in [9.17, 15) is 14.4 Å². The maximum absolute atomic E-state index is 12.4. The second kappa shape index (κ2) is 11.5. The summed E-state index contributed by atoms with van der Waals surface area (Å²) >= 11 is 0. The highest BCUT2D eigenvalue weighted by Crippen LogP contribution is 2.29. The van der Waals surface area contributed by atoms with Gasteiger partial charge in [0.05, 0.1) is 31.2 Å². The Morgan fingerprint density at radius 3 is 2.11 bits per heavy atom. The minimum Gasteiger partial charge on any atom is -0.495 e. The van der Waals surface area contributed by atoms with Gasteiger partial charge < -0.3 is 19.5 Å². The molecule has 0 aliphatic rings. The molecule has 0 heterocycles. The number of hydrazone groups is 1. The van der Waals surface area contributed by atoms with Crippen LogP contribution in [0.25, 0.3) is 0 Å². The number of rotatable bonds is 7. The minimum atomic E-state index is -0.953. The van der Waals surface area contributed by atoms with Gasteiger partial charge in [-0.05, 0) is 56.3 Å². The summed E-state index contributed by atoms with van der Waals surface area (Å²) in [5, 5.41) is 6.45. The van der Waals surface area contributed by atoms with Crippen molar-refractivity contribution in [3.8, 4) is 17.2 Å². The molecule has 0 unspecified atom stereocenters. The van der Waals surface area contributed by atoms with Gasteiger partial charge in [0, 0.05) is 5.56 Å². The molecule has 2 amide bonds. The first-order valence-electron chi connectivity index (χ1n) is 10.6. The van der Waals surface area contributed by atoms with E-state index in [2.05, 4.69) is 15.8 Å². The van der Waals surface area contributed by atoms with E-state index in [0.29, 0.717) is 34.0 Å². The van der Waals surface area contributed by atoms with Crippen LogP contribution in [0.1, 0.15) is 28.4 Å². The summed E-state index contributed by atoms with van der Waals surface area (Å²) in [7, 11) is 2.90. The summed E-state index contributed by atoms with van der Waals surface area (Å²) in [6.45, 7) is 3.57. The van der Waals surface area contributed by atoms with Crippen LogP contribution < -0.4 is 25.0 Å². The third-order valence-corrected chi connectivity index (χ3v) is 4.96. The van der Waals surface area contributed by atoms with Crippen molar-refractivity contribution < 1.29 is 28.6 Å². The van der Waals surface area contributed by atoms with Crippen molar-refractivity contribution >= 4 is 29.2 Å². The lowest BCUT2D eigenvalue weighted by atomic mass is 10.1. The van der Waals surface area contributed by atoms with Crippen molar-refractivity contribution in [3.63, 3.8) is 0 Å². The molecule has 0 aliphatic carbocycles. The summed E-state index contributed by atoms with van der Waals surface area (Å²) in [5.74, 6) is -1.42. The van der Waals surface area contributed by atoms with E-state index in [1.54, 1.807) is 61.5 Å². The fourth-order valence-electron chi connectivity index (χ4n) is 3.00. The van der Waals surface area contributed by atoms with Gasteiger partial charge in [-0.15, -0.1) is 0 Å². The number of carbonyl (C=O) groups excluding carboxylic acids is 3. The lowest BCUT2D eigenvalue weighted by molar-refractivity contribution is -0.136. The minimum absolute atomic E-state index is 0.231. The summed E-state index contributed by atoms with van der Waals surface area (Å²) < 4.78 is 16.0. The molecule has 2 N–H and O–H groups in total. The molecule has 0 aromatic heterocycles. The number of ether oxygens (including phenoxy) is 3. The lowest BCUT2D eigenvalue weighted by Crippen LogP contribution is -2.33. The number of para-hydroxylation sites is 2.